The molecule has 2 heterocycles. The van der Waals surface area contributed by atoms with Crippen LogP contribution in [0, 0.1) is 6.92 Å². The summed E-state index contributed by atoms with van der Waals surface area (Å²) in [6, 6.07) is 19.8. The highest BCUT2D eigenvalue weighted by Gasteiger charge is 2.13. The Hall–Kier alpha value is -3.65. The molecule has 0 spiro atoms. The van der Waals surface area contributed by atoms with Gasteiger partial charge in [-0.25, -0.2) is 13.4 Å². The molecular weight excluding hydrogens is 402 g/mol. The molecule has 152 valence electrons. The first-order valence-electron chi connectivity index (χ1n) is 9.20. The van der Waals surface area contributed by atoms with Gasteiger partial charge in [0.05, 0.1) is 10.6 Å². The van der Waals surface area contributed by atoms with Crippen LogP contribution in [0.1, 0.15) is 11.3 Å². The van der Waals surface area contributed by atoms with Crippen molar-refractivity contribution in [2.45, 2.75) is 18.4 Å². The molecule has 4 rings (SSSR count). The molecule has 0 aliphatic carbocycles. The molecule has 0 bridgehead atoms. The molecule has 0 aliphatic rings. The number of pyridine rings is 1. The molecule has 0 amide bonds. The Bertz CT molecular complexity index is 1350. The number of benzene rings is 2. The standard InChI is InChI=1S/C22H19N3O4S/c1-16-11-12-25-21(13-16)23-18(14-22(25)26)15-29-19-9-7-17(8-10-19)24-30(27,28)20-5-3-2-4-6-20/h2-14,24H,15H2,1H3. The molecule has 0 aliphatic heterocycles. The zero-order valence-electron chi connectivity index (χ0n) is 16.1. The fraction of sp³-hybridized carbons (Fsp3) is 0.0909. The van der Waals surface area contributed by atoms with E-state index >= 15 is 0 Å². The van der Waals surface area contributed by atoms with Gasteiger partial charge in [-0.2, -0.15) is 0 Å². The van der Waals surface area contributed by atoms with Gasteiger partial charge in [0, 0.05) is 18.0 Å². The van der Waals surface area contributed by atoms with E-state index < -0.39 is 10.0 Å². The summed E-state index contributed by atoms with van der Waals surface area (Å²) in [4.78, 5) is 16.9. The summed E-state index contributed by atoms with van der Waals surface area (Å²) in [5.41, 5.74) is 2.33. The number of hydrogen-bond acceptors (Lipinski definition) is 5. The molecule has 4 aromatic rings. The first kappa shape index (κ1) is 19.7. The summed E-state index contributed by atoms with van der Waals surface area (Å²) in [7, 11) is -3.65. The third-order valence-corrected chi connectivity index (χ3v) is 5.82. The van der Waals surface area contributed by atoms with E-state index in [0.29, 0.717) is 22.8 Å². The van der Waals surface area contributed by atoms with Crippen molar-refractivity contribution in [3.63, 3.8) is 0 Å². The maximum Gasteiger partial charge on any atom is 0.261 e. The van der Waals surface area contributed by atoms with E-state index in [1.54, 1.807) is 48.7 Å². The highest BCUT2D eigenvalue weighted by molar-refractivity contribution is 7.92. The molecule has 0 atom stereocenters. The maximum atomic E-state index is 12.4. The minimum atomic E-state index is -3.65. The number of nitrogens with zero attached hydrogens (tertiary/aromatic N) is 2. The maximum absolute atomic E-state index is 12.4. The van der Waals surface area contributed by atoms with Crippen LogP contribution in [0.3, 0.4) is 0 Å². The van der Waals surface area contributed by atoms with Crippen molar-refractivity contribution < 1.29 is 13.2 Å². The molecule has 1 N–H and O–H groups in total. The van der Waals surface area contributed by atoms with E-state index in [9.17, 15) is 13.2 Å². The van der Waals surface area contributed by atoms with Gasteiger partial charge in [-0.05, 0) is 61.0 Å². The molecule has 0 saturated heterocycles. The lowest BCUT2D eigenvalue weighted by Gasteiger charge is -2.10. The van der Waals surface area contributed by atoms with Crippen molar-refractivity contribution in [3.8, 4) is 5.75 Å². The van der Waals surface area contributed by atoms with Crippen LogP contribution in [0.15, 0.2) is 88.7 Å². The smallest absolute Gasteiger partial charge is 0.261 e. The van der Waals surface area contributed by atoms with E-state index in [0.717, 1.165) is 5.56 Å². The van der Waals surface area contributed by atoms with Crippen LogP contribution in [0.25, 0.3) is 5.65 Å². The van der Waals surface area contributed by atoms with Gasteiger partial charge in [0.1, 0.15) is 18.0 Å². The number of sulfonamides is 1. The van der Waals surface area contributed by atoms with Crippen molar-refractivity contribution in [1.29, 1.82) is 0 Å². The molecule has 30 heavy (non-hydrogen) atoms. The van der Waals surface area contributed by atoms with Crippen molar-refractivity contribution in [2.75, 3.05) is 4.72 Å². The second-order valence-corrected chi connectivity index (χ2v) is 8.43. The Kier molecular flexibility index (Phi) is 5.24. The molecule has 7 nitrogen and oxygen atoms in total. The molecule has 8 heteroatoms. The third-order valence-electron chi connectivity index (χ3n) is 4.42. The lowest BCUT2D eigenvalue weighted by atomic mass is 10.3. The molecule has 0 saturated carbocycles. The number of fused-ring (bicyclic) bond motifs is 1. The van der Waals surface area contributed by atoms with Crippen molar-refractivity contribution >= 4 is 21.4 Å². The van der Waals surface area contributed by atoms with Gasteiger partial charge < -0.3 is 4.74 Å². The highest BCUT2D eigenvalue weighted by Crippen LogP contribution is 2.20. The molecular formula is C22H19N3O4S. The number of hydrogen-bond donors (Lipinski definition) is 1. The van der Waals surface area contributed by atoms with Gasteiger partial charge in [-0.15, -0.1) is 0 Å². The number of nitrogens with one attached hydrogen (secondary N) is 1. The molecule has 2 aromatic carbocycles. The minimum absolute atomic E-state index is 0.120. The number of aryl methyl sites for hydroxylation is 1. The summed E-state index contributed by atoms with van der Waals surface area (Å²) in [5.74, 6) is 0.531. The van der Waals surface area contributed by atoms with Crippen LogP contribution in [0.5, 0.6) is 5.75 Å². The van der Waals surface area contributed by atoms with Gasteiger partial charge in [-0.1, -0.05) is 18.2 Å². The van der Waals surface area contributed by atoms with Crippen LogP contribution in [0.2, 0.25) is 0 Å². The molecule has 2 aromatic heterocycles. The molecule has 0 radical (unpaired) electrons. The Balaban J connectivity index is 1.45. The van der Waals surface area contributed by atoms with Crippen LogP contribution in [-0.2, 0) is 16.6 Å². The fourth-order valence-corrected chi connectivity index (χ4v) is 4.00. The quantitative estimate of drug-likeness (QED) is 0.515. The summed E-state index contributed by atoms with van der Waals surface area (Å²) < 4.78 is 34.5. The summed E-state index contributed by atoms with van der Waals surface area (Å²) in [6.07, 6.45) is 1.69. The highest BCUT2D eigenvalue weighted by atomic mass is 32.2. The van der Waals surface area contributed by atoms with E-state index in [1.165, 1.54) is 22.6 Å². The van der Waals surface area contributed by atoms with Crippen molar-refractivity contribution in [1.82, 2.24) is 9.38 Å². The summed E-state index contributed by atoms with van der Waals surface area (Å²) >= 11 is 0. The number of anilines is 1. The number of aromatic nitrogens is 2. The summed E-state index contributed by atoms with van der Waals surface area (Å²) in [5, 5.41) is 0. The summed E-state index contributed by atoms with van der Waals surface area (Å²) in [6.45, 7) is 2.05. The van der Waals surface area contributed by atoms with Crippen LogP contribution in [-0.4, -0.2) is 17.8 Å². The predicted octanol–water partition coefficient (Wildman–Crippen LogP) is 3.38. The second kappa shape index (κ2) is 8.00. The Morgan fingerprint density at radius 1 is 1.00 bits per heavy atom. The fourth-order valence-electron chi connectivity index (χ4n) is 2.92. The Morgan fingerprint density at radius 2 is 1.73 bits per heavy atom. The van der Waals surface area contributed by atoms with Crippen LogP contribution < -0.4 is 15.0 Å². The topological polar surface area (TPSA) is 89.8 Å². The van der Waals surface area contributed by atoms with Gasteiger partial charge in [0.25, 0.3) is 15.6 Å². The van der Waals surface area contributed by atoms with Crippen LogP contribution >= 0.6 is 0 Å². The third kappa shape index (κ3) is 4.33. The van der Waals surface area contributed by atoms with Gasteiger partial charge in [0.15, 0.2) is 0 Å². The first-order chi connectivity index (χ1) is 14.4. The molecule has 0 unspecified atom stereocenters. The normalized spacial score (nSPS) is 11.4. The number of rotatable bonds is 6. The first-order valence-corrected chi connectivity index (χ1v) is 10.7. The van der Waals surface area contributed by atoms with Gasteiger partial charge >= 0.3 is 0 Å². The zero-order valence-corrected chi connectivity index (χ0v) is 17.0. The van der Waals surface area contributed by atoms with Crippen LogP contribution in [0.4, 0.5) is 5.69 Å². The van der Waals surface area contributed by atoms with Gasteiger partial charge in [0.2, 0.25) is 0 Å². The lowest BCUT2D eigenvalue weighted by Crippen LogP contribution is -2.16. The second-order valence-electron chi connectivity index (χ2n) is 6.75. The Labute approximate surface area is 173 Å². The Morgan fingerprint density at radius 3 is 2.47 bits per heavy atom. The van der Waals surface area contributed by atoms with E-state index in [1.807, 2.05) is 19.1 Å². The van der Waals surface area contributed by atoms with Crippen molar-refractivity contribution in [2.24, 2.45) is 0 Å². The van der Waals surface area contributed by atoms with E-state index in [-0.39, 0.29) is 17.1 Å². The average molecular weight is 421 g/mol. The van der Waals surface area contributed by atoms with Crippen molar-refractivity contribution in [3.05, 3.63) is 101 Å². The SMILES string of the molecule is Cc1ccn2c(=O)cc(COc3ccc(NS(=O)(=O)c4ccccc4)cc3)nc2c1. The lowest BCUT2D eigenvalue weighted by molar-refractivity contribution is 0.301. The average Bonchev–Trinajstić information content (AvgIpc) is 2.73. The van der Waals surface area contributed by atoms with Gasteiger partial charge in [-0.3, -0.25) is 13.9 Å². The molecule has 0 fully saturated rings. The largest absolute Gasteiger partial charge is 0.487 e. The zero-order chi connectivity index (χ0) is 21.1. The predicted molar refractivity (Wildman–Crippen MR) is 114 cm³/mol. The minimum Gasteiger partial charge on any atom is -0.487 e. The number of ether oxygens (including phenoxy) is 1. The monoisotopic (exact) mass is 421 g/mol. The van der Waals surface area contributed by atoms with E-state index in [2.05, 4.69) is 9.71 Å². The van der Waals surface area contributed by atoms with E-state index in [4.69, 9.17) is 4.74 Å².